The van der Waals surface area contributed by atoms with E-state index in [1.165, 1.54) is 0 Å². The number of hydrogen-bond donors (Lipinski definition) is 6. The first-order valence-electron chi connectivity index (χ1n) is 12.3. The second kappa shape index (κ2) is 17.0. The quantitative estimate of drug-likeness (QED) is 0.123. The van der Waals surface area contributed by atoms with E-state index in [9.17, 15) is 35.1 Å². The van der Waals surface area contributed by atoms with E-state index in [1.807, 2.05) is 12.2 Å². The lowest BCUT2D eigenvalue weighted by Gasteiger charge is -2.40. The Bertz CT molecular complexity index is 611. The number of carboxylic acid groups (broad SMARTS) is 2. The lowest BCUT2D eigenvalue weighted by Crippen LogP contribution is -2.61. The van der Waals surface area contributed by atoms with Crippen molar-refractivity contribution in [3.05, 3.63) is 12.2 Å². The summed E-state index contributed by atoms with van der Waals surface area (Å²) in [6, 6.07) is 0. The first kappa shape index (κ1) is 30.5. The third-order valence-electron chi connectivity index (χ3n) is 5.95. The number of aliphatic carboxylic acids is 2. The number of aliphatic hydroxyl groups is 4. The summed E-state index contributed by atoms with van der Waals surface area (Å²) < 4.78 is 10.9. The molecule has 7 atom stereocenters. The Hall–Kier alpha value is -1.56. The van der Waals surface area contributed by atoms with E-state index in [-0.39, 0.29) is 6.42 Å². The van der Waals surface area contributed by atoms with Gasteiger partial charge in [0.1, 0.15) is 18.3 Å². The Labute approximate surface area is 201 Å². The van der Waals surface area contributed by atoms with Crippen LogP contribution >= 0.6 is 0 Å². The molecule has 0 radical (unpaired) electrons. The average molecular weight is 491 g/mol. The van der Waals surface area contributed by atoms with Crippen LogP contribution in [0.1, 0.15) is 84.0 Å². The molecule has 1 aliphatic rings. The van der Waals surface area contributed by atoms with Crippen molar-refractivity contribution in [1.82, 2.24) is 0 Å². The van der Waals surface area contributed by atoms with Gasteiger partial charge >= 0.3 is 11.9 Å². The Morgan fingerprint density at radius 3 is 2.24 bits per heavy atom. The zero-order chi connectivity index (χ0) is 25.5. The number of hydrogen-bond acceptors (Lipinski definition) is 8. The largest absolute Gasteiger partial charge is 0.481 e. The standard InChI is InChI=1S/C24H42O10/c1-2-3-4-5-8-11-14-17(16(25)13-10-7-6-9-12-15-18(26)27)33-24-21(30)19(28)20(29)22(34-24)23(31)32/h8,11,16-17,19-22,24-25,28-30H,2-7,9-10,12-15H2,1H3,(H,26,27)(H,31,32)/b11-8-/t16-,17-,19-,20+,21-,22-,24-/m0/s1. The Morgan fingerprint density at radius 1 is 0.912 bits per heavy atom. The van der Waals surface area contributed by atoms with Crippen molar-refractivity contribution < 1.29 is 49.7 Å². The fourth-order valence-corrected chi connectivity index (χ4v) is 3.85. The molecule has 0 saturated carbocycles. The maximum Gasteiger partial charge on any atom is 0.335 e. The molecule has 0 aromatic carbocycles. The summed E-state index contributed by atoms with van der Waals surface area (Å²) in [7, 11) is 0. The molecular formula is C24H42O10. The molecule has 1 rings (SSSR count). The molecule has 10 heteroatoms. The molecule has 0 aromatic rings. The van der Waals surface area contributed by atoms with Crippen LogP contribution in [0.4, 0.5) is 0 Å². The van der Waals surface area contributed by atoms with Crippen LogP contribution in [-0.2, 0) is 19.1 Å². The Kier molecular flexibility index (Phi) is 15.2. The van der Waals surface area contributed by atoms with E-state index in [2.05, 4.69) is 6.92 Å². The van der Waals surface area contributed by atoms with Gasteiger partial charge in [0.25, 0.3) is 0 Å². The van der Waals surface area contributed by atoms with E-state index < -0.39 is 54.9 Å². The van der Waals surface area contributed by atoms with Crippen molar-refractivity contribution in [2.45, 2.75) is 127 Å². The number of unbranched alkanes of at least 4 members (excludes halogenated alkanes) is 7. The minimum atomic E-state index is -1.81. The van der Waals surface area contributed by atoms with Crippen LogP contribution in [0.3, 0.4) is 0 Å². The van der Waals surface area contributed by atoms with Crippen molar-refractivity contribution in [3.63, 3.8) is 0 Å². The van der Waals surface area contributed by atoms with Crippen LogP contribution in [0.15, 0.2) is 12.2 Å². The fraction of sp³-hybridized carbons (Fsp3) is 0.833. The van der Waals surface area contributed by atoms with Crippen molar-refractivity contribution in [2.75, 3.05) is 0 Å². The third kappa shape index (κ3) is 11.2. The predicted octanol–water partition coefficient (Wildman–Crippen LogP) is 1.97. The lowest BCUT2D eigenvalue weighted by atomic mass is 9.98. The predicted molar refractivity (Wildman–Crippen MR) is 123 cm³/mol. The highest BCUT2D eigenvalue weighted by atomic mass is 16.7. The van der Waals surface area contributed by atoms with Gasteiger partial charge in [-0.1, -0.05) is 57.6 Å². The maximum atomic E-state index is 11.3. The Balaban J connectivity index is 2.67. The molecule has 0 amide bonds. The first-order valence-corrected chi connectivity index (χ1v) is 12.3. The zero-order valence-electron chi connectivity index (χ0n) is 20.0. The number of ether oxygens (including phenoxy) is 2. The molecule has 0 unspecified atom stereocenters. The number of allylic oxidation sites excluding steroid dienone is 1. The molecule has 34 heavy (non-hydrogen) atoms. The summed E-state index contributed by atoms with van der Waals surface area (Å²) in [5.74, 6) is -2.31. The molecule has 1 heterocycles. The van der Waals surface area contributed by atoms with E-state index in [1.54, 1.807) is 0 Å². The topological polar surface area (TPSA) is 174 Å². The van der Waals surface area contributed by atoms with Gasteiger partial charge in [0, 0.05) is 6.42 Å². The van der Waals surface area contributed by atoms with Crippen LogP contribution in [-0.4, -0.2) is 85.5 Å². The molecule has 6 N–H and O–H groups in total. The van der Waals surface area contributed by atoms with Gasteiger partial charge in [-0.05, 0) is 32.1 Å². The Morgan fingerprint density at radius 2 is 1.59 bits per heavy atom. The van der Waals surface area contributed by atoms with Crippen LogP contribution in [0.5, 0.6) is 0 Å². The molecule has 1 aliphatic heterocycles. The number of carbonyl (C=O) groups is 2. The third-order valence-corrected chi connectivity index (χ3v) is 5.95. The average Bonchev–Trinajstić information content (AvgIpc) is 2.79. The van der Waals surface area contributed by atoms with Crippen molar-refractivity contribution in [3.8, 4) is 0 Å². The van der Waals surface area contributed by atoms with Crippen LogP contribution < -0.4 is 0 Å². The van der Waals surface area contributed by atoms with Gasteiger partial charge in [-0.3, -0.25) is 4.79 Å². The molecule has 1 fully saturated rings. The minimum Gasteiger partial charge on any atom is -0.481 e. The molecule has 0 spiro atoms. The summed E-state index contributed by atoms with van der Waals surface area (Å²) in [6.07, 6.45) is 2.27. The van der Waals surface area contributed by atoms with E-state index in [0.717, 1.165) is 44.9 Å². The first-order chi connectivity index (χ1) is 16.2. The highest BCUT2D eigenvalue weighted by Crippen LogP contribution is 2.26. The van der Waals surface area contributed by atoms with Gasteiger partial charge in [0.2, 0.25) is 0 Å². The van der Waals surface area contributed by atoms with Crippen LogP contribution in [0, 0.1) is 0 Å². The van der Waals surface area contributed by atoms with Gasteiger partial charge < -0.3 is 40.1 Å². The van der Waals surface area contributed by atoms with Crippen molar-refractivity contribution in [2.24, 2.45) is 0 Å². The highest BCUT2D eigenvalue weighted by Gasteiger charge is 2.48. The number of carboxylic acids is 2. The van der Waals surface area contributed by atoms with E-state index in [0.29, 0.717) is 25.7 Å². The molecule has 10 nitrogen and oxygen atoms in total. The van der Waals surface area contributed by atoms with Gasteiger partial charge in [-0.15, -0.1) is 0 Å². The lowest BCUT2D eigenvalue weighted by molar-refractivity contribution is -0.310. The van der Waals surface area contributed by atoms with E-state index in [4.69, 9.17) is 14.6 Å². The monoisotopic (exact) mass is 490 g/mol. The van der Waals surface area contributed by atoms with Crippen LogP contribution in [0.25, 0.3) is 0 Å². The molecule has 0 bridgehead atoms. The van der Waals surface area contributed by atoms with Gasteiger partial charge in [-0.2, -0.15) is 0 Å². The smallest absolute Gasteiger partial charge is 0.335 e. The van der Waals surface area contributed by atoms with Gasteiger partial charge in [0.05, 0.1) is 12.2 Å². The van der Waals surface area contributed by atoms with Gasteiger partial charge in [-0.25, -0.2) is 4.79 Å². The van der Waals surface area contributed by atoms with Crippen molar-refractivity contribution in [1.29, 1.82) is 0 Å². The summed E-state index contributed by atoms with van der Waals surface area (Å²) >= 11 is 0. The maximum absolute atomic E-state index is 11.3. The SMILES string of the molecule is CCCCC/C=C\C[C@H](O[C@H]1O[C@H](C(=O)O)[C@H](O)[C@H](O)[C@@H]1O)[C@@H](O)CCCCCCCC(=O)O. The highest BCUT2D eigenvalue weighted by molar-refractivity contribution is 5.73. The molecular weight excluding hydrogens is 448 g/mol. The minimum absolute atomic E-state index is 0.144. The normalized spacial score (nSPS) is 27.0. The molecule has 0 aromatic heterocycles. The molecule has 0 aliphatic carbocycles. The van der Waals surface area contributed by atoms with Crippen molar-refractivity contribution >= 4 is 11.9 Å². The molecule has 198 valence electrons. The summed E-state index contributed by atoms with van der Waals surface area (Å²) in [4.78, 5) is 21.9. The number of rotatable bonds is 18. The van der Waals surface area contributed by atoms with Crippen LogP contribution in [0.2, 0.25) is 0 Å². The molecule has 1 saturated heterocycles. The number of aliphatic hydroxyl groups excluding tert-OH is 4. The van der Waals surface area contributed by atoms with Gasteiger partial charge in [0.15, 0.2) is 12.4 Å². The fourth-order valence-electron chi connectivity index (χ4n) is 3.85. The summed E-state index contributed by atoms with van der Waals surface area (Å²) in [5, 5.41) is 58.8. The zero-order valence-corrected chi connectivity index (χ0v) is 20.0. The second-order valence-electron chi connectivity index (χ2n) is 8.88. The summed E-state index contributed by atoms with van der Waals surface area (Å²) in [6.45, 7) is 2.11. The van der Waals surface area contributed by atoms with E-state index >= 15 is 0 Å². The summed E-state index contributed by atoms with van der Waals surface area (Å²) in [5.41, 5.74) is 0. The second-order valence-corrected chi connectivity index (χ2v) is 8.88.